The zero-order valence-electron chi connectivity index (χ0n) is 20.8. The molecule has 0 aliphatic carbocycles. The number of hydrogen-bond donors (Lipinski definition) is 1. The fourth-order valence-electron chi connectivity index (χ4n) is 5.19. The standard InChI is InChI=1S/C31H26FNO4/c1-18-15-19(2)30(37-3)25(16-18)28(34)26-27(24-10-6-8-21-7-4-5-9-23(21)24)33(31(36)29(26)35)17-20-11-13-22(32)14-12-20/h4-16,27,34H,17H2,1-3H3/b28-26+. The first-order valence-electron chi connectivity index (χ1n) is 12.0. The number of ether oxygens (including phenoxy) is 1. The van der Waals surface area contributed by atoms with E-state index in [0.717, 1.165) is 21.9 Å². The van der Waals surface area contributed by atoms with E-state index in [4.69, 9.17) is 4.74 Å². The zero-order valence-corrected chi connectivity index (χ0v) is 20.8. The van der Waals surface area contributed by atoms with Gasteiger partial charge < -0.3 is 14.7 Å². The molecule has 1 atom stereocenters. The van der Waals surface area contributed by atoms with Crippen LogP contribution in [-0.4, -0.2) is 28.8 Å². The third kappa shape index (κ3) is 4.25. The summed E-state index contributed by atoms with van der Waals surface area (Å²) in [5, 5.41) is 13.4. The van der Waals surface area contributed by atoms with E-state index >= 15 is 0 Å². The summed E-state index contributed by atoms with van der Waals surface area (Å²) >= 11 is 0. The number of methoxy groups -OCH3 is 1. The largest absolute Gasteiger partial charge is 0.507 e. The van der Waals surface area contributed by atoms with Crippen molar-refractivity contribution in [3.8, 4) is 5.75 Å². The molecule has 1 amide bonds. The number of Topliss-reactive ketones (excluding diaryl/α,β-unsaturated/α-hetero) is 1. The number of likely N-dealkylation sites (tertiary alicyclic amines) is 1. The van der Waals surface area contributed by atoms with E-state index in [2.05, 4.69) is 0 Å². The molecular weight excluding hydrogens is 469 g/mol. The van der Waals surface area contributed by atoms with E-state index in [1.165, 1.54) is 24.1 Å². The highest BCUT2D eigenvalue weighted by Crippen LogP contribution is 2.44. The van der Waals surface area contributed by atoms with Crippen LogP contribution in [-0.2, 0) is 16.1 Å². The number of benzene rings is 4. The molecule has 1 fully saturated rings. The van der Waals surface area contributed by atoms with Crippen LogP contribution in [0.2, 0.25) is 0 Å². The average Bonchev–Trinajstić information content (AvgIpc) is 3.13. The van der Waals surface area contributed by atoms with Crippen LogP contribution in [0.15, 0.2) is 84.4 Å². The van der Waals surface area contributed by atoms with Gasteiger partial charge >= 0.3 is 0 Å². The molecule has 1 heterocycles. The number of rotatable bonds is 5. The number of halogens is 1. The van der Waals surface area contributed by atoms with Gasteiger partial charge in [-0.1, -0.05) is 60.7 Å². The van der Waals surface area contributed by atoms with Gasteiger partial charge in [0.1, 0.15) is 17.3 Å². The molecule has 5 rings (SSSR count). The summed E-state index contributed by atoms with van der Waals surface area (Å²) < 4.78 is 19.1. The first-order chi connectivity index (χ1) is 17.8. The first kappa shape index (κ1) is 24.3. The van der Waals surface area contributed by atoms with E-state index in [1.807, 2.05) is 62.4 Å². The molecule has 0 saturated carbocycles. The zero-order chi connectivity index (χ0) is 26.3. The fourth-order valence-corrected chi connectivity index (χ4v) is 5.19. The molecule has 1 saturated heterocycles. The van der Waals surface area contributed by atoms with Crippen LogP contribution in [0.5, 0.6) is 5.75 Å². The van der Waals surface area contributed by atoms with Crippen molar-refractivity contribution in [3.05, 3.63) is 118 Å². The summed E-state index contributed by atoms with van der Waals surface area (Å²) in [5.74, 6) is -1.75. The first-order valence-corrected chi connectivity index (χ1v) is 12.0. The van der Waals surface area contributed by atoms with Crippen molar-refractivity contribution in [2.45, 2.75) is 26.4 Å². The lowest BCUT2D eigenvalue weighted by Crippen LogP contribution is -2.29. The lowest BCUT2D eigenvalue weighted by atomic mass is 9.90. The van der Waals surface area contributed by atoms with E-state index < -0.39 is 23.5 Å². The van der Waals surface area contributed by atoms with E-state index in [-0.39, 0.29) is 17.9 Å². The molecule has 1 aliphatic rings. The maximum Gasteiger partial charge on any atom is 0.295 e. The van der Waals surface area contributed by atoms with Gasteiger partial charge in [-0.2, -0.15) is 0 Å². The SMILES string of the molecule is COc1c(C)cc(C)cc1/C(O)=C1\C(=O)C(=O)N(Cc2ccc(F)cc2)C1c1cccc2ccccc12. The van der Waals surface area contributed by atoms with Gasteiger partial charge in [-0.3, -0.25) is 9.59 Å². The van der Waals surface area contributed by atoms with Crippen LogP contribution in [0.1, 0.15) is 33.9 Å². The number of aliphatic hydroxyl groups excluding tert-OH is 1. The highest BCUT2D eigenvalue weighted by atomic mass is 19.1. The van der Waals surface area contributed by atoms with Crippen LogP contribution in [0, 0.1) is 19.7 Å². The maximum atomic E-state index is 13.6. The van der Waals surface area contributed by atoms with Crippen molar-refractivity contribution in [3.63, 3.8) is 0 Å². The summed E-state index contributed by atoms with van der Waals surface area (Å²) in [6.45, 7) is 3.82. The molecule has 1 N–H and O–H groups in total. The van der Waals surface area contributed by atoms with Crippen LogP contribution in [0.4, 0.5) is 4.39 Å². The Morgan fingerprint density at radius 2 is 1.68 bits per heavy atom. The predicted octanol–water partition coefficient (Wildman–Crippen LogP) is 6.23. The number of aliphatic hydroxyl groups is 1. The molecule has 1 aliphatic heterocycles. The molecule has 4 aromatic carbocycles. The molecule has 4 aromatic rings. The van der Waals surface area contributed by atoms with Gasteiger partial charge in [0.05, 0.1) is 24.3 Å². The number of carbonyl (C=O) groups excluding carboxylic acids is 2. The molecule has 186 valence electrons. The van der Waals surface area contributed by atoms with Gasteiger partial charge in [0.15, 0.2) is 0 Å². The lowest BCUT2D eigenvalue weighted by Gasteiger charge is -2.27. The fraction of sp³-hybridized carbons (Fsp3) is 0.161. The van der Waals surface area contributed by atoms with Crippen molar-refractivity contribution in [2.75, 3.05) is 7.11 Å². The van der Waals surface area contributed by atoms with E-state index in [0.29, 0.717) is 22.4 Å². The summed E-state index contributed by atoms with van der Waals surface area (Å²) in [7, 11) is 1.50. The Morgan fingerprint density at radius 3 is 2.41 bits per heavy atom. The average molecular weight is 496 g/mol. The van der Waals surface area contributed by atoms with Crippen molar-refractivity contribution in [2.24, 2.45) is 0 Å². The van der Waals surface area contributed by atoms with Crippen molar-refractivity contribution >= 4 is 28.2 Å². The molecule has 5 nitrogen and oxygen atoms in total. The summed E-state index contributed by atoms with van der Waals surface area (Å²) in [6, 6.07) is 22.0. The van der Waals surface area contributed by atoms with Crippen molar-refractivity contribution < 1.29 is 23.8 Å². The minimum atomic E-state index is -0.860. The Balaban J connectivity index is 1.77. The van der Waals surface area contributed by atoms with E-state index in [1.54, 1.807) is 18.2 Å². The quantitative estimate of drug-likeness (QED) is 0.203. The Morgan fingerprint density at radius 1 is 0.973 bits per heavy atom. The molecule has 0 aromatic heterocycles. The van der Waals surface area contributed by atoms with Gasteiger partial charge in [0.2, 0.25) is 0 Å². The smallest absolute Gasteiger partial charge is 0.295 e. The maximum absolute atomic E-state index is 13.6. The second kappa shape index (κ2) is 9.54. The number of hydrogen-bond acceptors (Lipinski definition) is 4. The summed E-state index contributed by atoms with van der Waals surface area (Å²) in [5.41, 5.74) is 3.40. The highest BCUT2D eigenvalue weighted by Gasteiger charge is 2.46. The molecule has 0 spiro atoms. The van der Waals surface area contributed by atoms with Crippen LogP contribution in [0.3, 0.4) is 0 Å². The second-order valence-corrected chi connectivity index (χ2v) is 9.28. The van der Waals surface area contributed by atoms with Crippen LogP contribution < -0.4 is 4.74 Å². The van der Waals surface area contributed by atoms with Crippen molar-refractivity contribution in [1.82, 2.24) is 4.90 Å². The molecule has 0 bridgehead atoms. The molecule has 37 heavy (non-hydrogen) atoms. The minimum absolute atomic E-state index is 0.00763. The van der Waals surface area contributed by atoms with Gasteiger partial charge in [-0.05, 0) is 65.1 Å². The number of fused-ring (bicyclic) bond motifs is 1. The molecular formula is C31H26FNO4. The normalized spacial score (nSPS) is 17.0. The number of carbonyl (C=O) groups is 2. The topological polar surface area (TPSA) is 66.8 Å². The van der Waals surface area contributed by atoms with Gasteiger partial charge in [0.25, 0.3) is 11.7 Å². The molecule has 0 radical (unpaired) electrons. The number of ketones is 1. The Hall–Kier alpha value is -4.45. The Labute approximate surface area is 214 Å². The lowest BCUT2D eigenvalue weighted by molar-refractivity contribution is -0.140. The van der Waals surface area contributed by atoms with Gasteiger partial charge in [-0.25, -0.2) is 4.39 Å². The van der Waals surface area contributed by atoms with Crippen LogP contribution in [0.25, 0.3) is 16.5 Å². The van der Waals surface area contributed by atoms with Gasteiger partial charge in [-0.15, -0.1) is 0 Å². The highest BCUT2D eigenvalue weighted by molar-refractivity contribution is 6.46. The Bertz CT molecular complexity index is 1570. The summed E-state index contributed by atoms with van der Waals surface area (Å²) in [6.07, 6.45) is 0. The predicted molar refractivity (Wildman–Crippen MR) is 141 cm³/mol. The van der Waals surface area contributed by atoms with Gasteiger partial charge in [0, 0.05) is 6.54 Å². The number of nitrogens with zero attached hydrogens (tertiary/aromatic N) is 1. The monoisotopic (exact) mass is 495 g/mol. The number of aryl methyl sites for hydroxylation is 2. The molecule has 1 unspecified atom stereocenters. The Kier molecular flexibility index (Phi) is 6.25. The minimum Gasteiger partial charge on any atom is -0.507 e. The third-order valence-corrected chi connectivity index (χ3v) is 6.80. The van der Waals surface area contributed by atoms with E-state index in [9.17, 15) is 19.1 Å². The second-order valence-electron chi connectivity index (χ2n) is 9.28. The number of amides is 1. The van der Waals surface area contributed by atoms with Crippen LogP contribution >= 0.6 is 0 Å². The summed E-state index contributed by atoms with van der Waals surface area (Å²) in [4.78, 5) is 28.5. The van der Waals surface area contributed by atoms with Crippen molar-refractivity contribution in [1.29, 1.82) is 0 Å². The molecule has 6 heteroatoms. The third-order valence-electron chi connectivity index (χ3n) is 6.80.